The molecule has 0 aromatic heterocycles. The first-order valence-corrected chi connectivity index (χ1v) is 4.56. The van der Waals surface area contributed by atoms with Gasteiger partial charge in [0.25, 0.3) is 0 Å². The fourth-order valence-corrected chi connectivity index (χ4v) is 1.34. The minimum Gasteiger partial charge on any atom is -0.365 e. The van der Waals surface area contributed by atoms with Crippen LogP contribution in [0.1, 0.15) is 0 Å². The third-order valence-corrected chi connectivity index (χ3v) is 2.11. The van der Waals surface area contributed by atoms with Crippen LogP contribution in [0.2, 0.25) is 0 Å². The molecule has 0 spiro atoms. The first-order chi connectivity index (χ1) is 6.95. The highest BCUT2D eigenvalue weighted by Crippen LogP contribution is 2.25. The number of likely N-dealkylation sites (N-methyl/N-ethyl adjacent to an activating group) is 1. The number of hydrogen-bond donors (Lipinski definition) is 1. The lowest BCUT2D eigenvalue weighted by Crippen LogP contribution is -2.52. The number of carbonyl (C=O) groups excluding carboxylic acids is 1. The Bertz CT molecular complexity index is 232. The Morgan fingerprint density at radius 2 is 2.27 bits per heavy atom. The van der Waals surface area contributed by atoms with Crippen LogP contribution < -0.4 is 5.32 Å². The Kier molecular flexibility index (Phi) is 3.92. The van der Waals surface area contributed by atoms with Crippen LogP contribution in [-0.4, -0.2) is 56.4 Å². The second-order valence-electron chi connectivity index (χ2n) is 3.27. The summed E-state index contributed by atoms with van der Waals surface area (Å²) in [5.74, 6) is -0.338. The molecule has 1 amide bonds. The highest BCUT2D eigenvalue weighted by molar-refractivity contribution is 5.78. The van der Waals surface area contributed by atoms with Gasteiger partial charge in [-0.1, -0.05) is 0 Å². The van der Waals surface area contributed by atoms with Crippen molar-refractivity contribution in [1.29, 1.82) is 0 Å². The van der Waals surface area contributed by atoms with Gasteiger partial charge in [-0.3, -0.25) is 4.79 Å². The van der Waals surface area contributed by atoms with Crippen molar-refractivity contribution in [2.75, 3.05) is 33.3 Å². The smallest absolute Gasteiger partial charge is 0.365 e. The molecule has 1 atom stereocenters. The molecule has 0 bridgehead atoms. The van der Waals surface area contributed by atoms with Crippen LogP contribution in [0.4, 0.5) is 13.2 Å². The average Bonchev–Trinajstić information content (AvgIpc) is 2.17. The van der Waals surface area contributed by atoms with Gasteiger partial charge in [0, 0.05) is 6.54 Å². The number of morpholine rings is 1. The number of amides is 1. The number of alkyl halides is 3. The van der Waals surface area contributed by atoms with Crippen molar-refractivity contribution in [2.24, 2.45) is 0 Å². The molecule has 1 heterocycles. The molecule has 1 saturated heterocycles. The van der Waals surface area contributed by atoms with E-state index in [1.165, 1.54) is 0 Å². The molecular weight excluding hydrogens is 213 g/mol. The summed E-state index contributed by atoms with van der Waals surface area (Å²) in [6, 6.07) is 0. The first kappa shape index (κ1) is 12.3. The zero-order valence-electron chi connectivity index (χ0n) is 8.30. The summed E-state index contributed by atoms with van der Waals surface area (Å²) in [7, 11) is 1.57. The van der Waals surface area contributed by atoms with Crippen LogP contribution in [0.15, 0.2) is 0 Å². The normalized spacial score (nSPS) is 22.9. The summed E-state index contributed by atoms with van der Waals surface area (Å²) in [5, 5.41) is 2.61. The van der Waals surface area contributed by atoms with Gasteiger partial charge in [-0.05, 0) is 7.05 Å². The molecular formula is C8H13F3N2O2. The molecule has 1 fully saturated rings. The predicted molar refractivity (Wildman–Crippen MR) is 46.3 cm³/mol. The quantitative estimate of drug-likeness (QED) is 0.720. The second-order valence-corrected chi connectivity index (χ2v) is 3.27. The maximum atomic E-state index is 12.3. The molecule has 1 aliphatic rings. The Balaban J connectivity index is 2.52. The number of rotatable bonds is 2. The summed E-state index contributed by atoms with van der Waals surface area (Å²) in [4.78, 5) is 12.5. The Morgan fingerprint density at radius 1 is 1.60 bits per heavy atom. The van der Waals surface area contributed by atoms with Crippen molar-refractivity contribution in [3.8, 4) is 0 Å². The van der Waals surface area contributed by atoms with E-state index in [-0.39, 0.29) is 25.6 Å². The summed E-state index contributed by atoms with van der Waals surface area (Å²) < 4.78 is 41.4. The maximum Gasteiger partial charge on any atom is 0.416 e. The number of halogens is 3. The zero-order chi connectivity index (χ0) is 11.5. The molecule has 7 heteroatoms. The van der Waals surface area contributed by atoms with Crippen molar-refractivity contribution in [3.63, 3.8) is 0 Å². The molecule has 1 unspecified atom stereocenters. The lowest BCUT2D eigenvalue weighted by molar-refractivity contribution is -0.236. The Hall–Kier alpha value is -0.820. The van der Waals surface area contributed by atoms with E-state index in [1.54, 1.807) is 7.05 Å². The topological polar surface area (TPSA) is 41.6 Å². The maximum absolute atomic E-state index is 12.3. The molecule has 1 aliphatic heterocycles. The monoisotopic (exact) mass is 226 g/mol. The van der Waals surface area contributed by atoms with Gasteiger partial charge in [-0.2, -0.15) is 13.2 Å². The molecule has 15 heavy (non-hydrogen) atoms. The standard InChI is InChI=1S/C8H13F3N2O2/c1-12-4-7(14)13-2-3-15-6(5-13)8(9,10)11/h6,12H,2-5H2,1H3. The highest BCUT2D eigenvalue weighted by atomic mass is 19.4. The molecule has 1 rings (SSSR count). The van der Waals surface area contributed by atoms with Gasteiger partial charge >= 0.3 is 6.18 Å². The largest absolute Gasteiger partial charge is 0.416 e. The number of nitrogens with one attached hydrogen (secondary N) is 1. The zero-order valence-corrected chi connectivity index (χ0v) is 8.30. The lowest BCUT2D eigenvalue weighted by Gasteiger charge is -2.33. The van der Waals surface area contributed by atoms with Gasteiger partial charge in [0.2, 0.25) is 5.91 Å². The van der Waals surface area contributed by atoms with E-state index in [2.05, 4.69) is 10.1 Å². The van der Waals surface area contributed by atoms with Gasteiger partial charge in [-0.25, -0.2) is 0 Å². The van der Waals surface area contributed by atoms with E-state index in [0.717, 1.165) is 4.90 Å². The van der Waals surface area contributed by atoms with Crippen LogP contribution in [0.3, 0.4) is 0 Å². The predicted octanol–water partition coefficient (Wildman–Crippen LogP) is -0.00450. The molecule has 88 valence electrons. The van der Waals surface area contributed by atoms with Crippen LogP contribution in [0.5, 0.6) is 0 Å². The molecule has 1 N–H and O–H groups in total. The number of ether oxygens (including phenoxy) is 1. The van der Waals surface area contributed by atoms with E-state index in [1.807, 2.05) is 0 Å². The molecule has 0 saturated carbocycles. The number of nitrogens with zero attached hydrogens (tertiary/aromatic N) is 1. The van der Waals surface area contributed by atoms with Crippen molar-refractivity contribution in [1.82, 2.24) is 10.2 Å². The minimum atomic E-state index is -4.40. The number of carbonyl (C=O) groups is 1. The van der Waals surface area contributed by atoms with E-state index in [4.69, 9.17) is 0 Å². The first-order valence-electron chi connectivity index (χ1n) is 4.56. The average molecular weight is 226 g/mol. The number of hydrogen-bond acceptors (Lipinski definition) is 3. The molecule has 4 nitrogen and oxygen atoms in total. The third kappa shape index (κ3) is 3.35. The van der Waals surface area contributed by atoms with Crippen molar-refractivity contribution in [3.05, 3.63) is 0 Å². The van der Waals surface area contributed by atoms with E-state index in [0.29, 0.717) is 0 Å². The van der Waals surface area contributed by atoms with Crippen LogP contribution in [0.25, 0.3) is 0 Å². The summed E-state index contributed by atoms with van der Waals surface area (Å²) in [5.41, 5.74) is 0. The Labute approximate surface area is 85.4 Å². The summed E-state index contributed by atoms with van der Waals surface area (Å²) in [6.45, 7) is -0.221. The van der Waals surface area contributed by atoms with E-state index < -0.39 is 18.8 Å². The van der Waals surface area contributed by atoms with Crippen LogP contribution in [-0.2, 0) is 9.53 Å². The lowest BCUT2D eigenvalue weighted by atomic mass is 10.2. The molecule has 0 aromatic carbocycles. The van der Waals surface area contributed by atoms with Gasteiger partial charge in [-0.15, -0.1) is 0 Å². The van der Waals surface area contributed by atoms with E-state index >= 15 is 0 Å². The minimum absolute atomic E-state index is 0.0462. The van der Waals surface area contributed by atoms with Crippen molar-refractivity contribution in [2.45, 2.75) is 12.3 Å². The van der Waals surface area contributed by atoms with Crippen LogP contribution >= 0.6 is 0 Å². The molecule has 0 aliphatic carbocycles. The van der Waals surface area contributed by atoms with Crippen molar-refractivity contribution >= 4 is 5.91 Å². The van der Waals surface area contributed by atoms with Gasteiger partial charge < -0.3 is 15.0 Å². The fourth-order valence-electron chi connectivity index (χ4n) is 1.34. The summed E-state index contributed by atoms with van der Waals surface area (Å²) >= 11 is 0. The fraction of sp³-hybridized carbons (Fsp3) is 0.875. The SMILES string of the molecule is CNCC(=O)N1CCOC(C(F)(F)F)C1. The Morgan fingerprint density at radius 3 is 2.80 bits per heavy atom. The highest BCUT2D eigenvalue weighted by Gasteiger charge is 2.44. The van der Waals surface area contributed by atoms with Gasteiger partial charge in [0.05, 0.1) is 19.7 Å². The van der Waals surface area contributed by atoms with Gasteiger partial charge in [0.1, 0.15) is 0 Å². The van der Waals surface area contributed by atoms with Crippen molar-refractivity contribution < 1.29 is 22.7 Å². The third-order valence-electron chi connectivity index (χ3n) is 2.11. The molecule has 0 aromatic rings. The molecule has 0 radical (unpaired) electrons. The second kappa shape index (κ2) is 4.80. The summed E-state index contributed by atoms with van der Waals surface area (Å²) in [6.07, 6.45) is -6.26. The van der Waals surface area contributed by atoms with Crippen LogP contribution in [0, 0.1) is 0 Å². The van der Waals surface area contributed by atoms with E-state index in [9.17, 15) is 18.0 Å². The van der Waals surface area contributed by atoms with Gasteiger partial charge in [0.15, 0.2) is 6.10 Å².